The number of carbonyl (C=O) groups excluding carboxylic acids is 1. The van der Waals surface area contributed by atoms with Gasteiger partial charge in [0.2, 0.25) is 5.95 Å². The van der Waals surface area contributed by atoms with Crippen molar-refractivity contribution in [3.8, 4) is 0 Å². The Morgan fingerprint density at radius 3 is 3.12 bits per heavy atom. The molecule has 17 heavy (non-hydrogen) atoms. The number of aromatic nitrogens is 1. The molecule has 0 aromatic carbocycles. The van der Waals surface area contributed by atoms with E-state index in [1.165, 1.54) is 12.3 Å². The van der Waals surface area contributed by atoms with E-state index in [-0.39, 0.29) is 30.0 Å². The summed E-state index contributed by atoms with van der Waals surface area (Å²) < 4.78 is 12.9. The second kappa shape index (κ2) is 4.79. The fourth-order valence-corrected chi connectivity index (χ4v) is 2.24. The van der Waals surface area contributed by atoms with Crippen molar-refractivity contribution in [3.63, 3.8) is 0 Å². The lowest BCUT2D eigenvalue weighted by molar-refractivity contribution is 0.0647. The molecule has 1 aromatic heterocycles. The first-order valence-corrected chi connectivity index (χ1v) is 5.67. The molecule has 1 fully saturated rings. The Kier molecular flexibility index (Phi) is 3.38. The number of aliphatic hydroxyl groups is 1. The van der Waals surface area contributed by atoms with Crippen molar-refractivity contribution in [2.24, 2.45) is 5.92 Å². The summed E-state index contributed by atoms with van der Waals surface area (Å²) in [6.45, 7) is 2.55. The van der Waals surface area contributed by atoms with Crippen molar-refractivity contribution >= 4 is 5.91 Å². The van der Waals surface area contributed by atoms with Gasteiger partial charge in [0.15, 0.2) is 0 Å². The average molecular weight is 238 g/mol. The fourth-order valence-electron chi connectivity index (χ4n) is 2.24. The lowest BCUT2D eigenvalue weighted by Gasteiger charge is -2.25. The maximum atomic E-state index is 12.9. The molecule has 1 aliphatic heterocycles. The maximum Gasteiger partial charge on any atom is 0.254 e. The third-order valence-electron chi connectivity index (χ3n) is 3.30. The molecule has 1 N–H and O–H groups in total. The monoisotopic (exact) mass is 238 g/mol. The molecular formula is C12H15FN2O2. The van der Waals surface area contributed by atoms with Crippen LogP contribution in [0.2, 0.25) is 0 Å². The minimum absolute atomic E-state index is 0.0551. The van der Waals surface area contributed by atoms with Crippen LogP contribution in [-0.4, -0.2) is 40.1 Å². The van der Waals surface area contributed by atoms with Crippen molar-refractivity contribution in [3.05, 3.63) is 29.8 Å². The molecular weight excluding hydrogens is 223 g/mol. The van der Waals surface area contributed by atoms with Gasteiger partial charge in [-0.3, -0.25) is 4.79 Å². The Morgan fingerprint density at radius 1 is 1.71 bits per heavy atom. The van der Waals surface area contributed by atoms with Crippen molar-refractivity contribution in [1.29, 1.82) is 0 Å². The number of aliphatic hydroxyl groups excluding tert-OH is 1. The number of carbonyl (C=O) groups is 1. The SMILES string of the molecule is CC1CCN(C(=O)c2ccnc(F)c2)C1CO. The number of amides is 1. The predicted octanol–water partition coefficient (Wildman–Crippen LogP) is 1.06. The summed E-state index contributed by atoms with van der Waals surface area (Å²) in [6.07, 6.45) is 2.14. The second-order valence-electron chi connectivity index (χ2n) is 4.38. The third kappa shape index (κ3) is 2.29. The first-order valence-electron chi connectivity index (χ1n) is 5.67. The highest BCUT2D eigenvalue weighted by atomic mass is 19.1. The summed E-state index contributed by atoms with van der Waals surface area (Å²) >= 11 is 0. The lowest BCUT2D eigenvalue weighted by Crippen LogP contribution is -2.39. The van der Waals surface area contributed by atoms with E-state index >= 15 is 0 Å². The minimum atomic E-state index is -0.663. The molecule has 92 valence electrons. The highest BCUT2D eigenvalue weighted by Crippen LogP contribution is 2.25. The zero-order chi connectivity index (χ0) is 12.4. The standard InChI is InChI=1S/C12H15FN2O2/c1-8-3-5-15(10(8)7-16)12(17)9-2-4-14-11(13)6-9/h2,4,6,8,10,16H,3,5,7H2,1H3. The molecule has 2 atom stereocenters. The van der Waals surface area contributed by atoms with Crippen molar-refractivity contribution < 1.29 is 14.3 Å². The summed E-state index contributed by atoms with van der Waals surface area (Å²) in [5.74, 6) is -0.631. The van der Waals surface area contributed by atoms with Crippen LogP contribution in [0.3, 0.4) is 0 Å². The van der Waals surface area contributed by atoms with Crippen LogP contribution < -0.4 is 0 Å². The van der Waals surface area contributed by atoms with E-state index in [1.54, 1.807) is 4.90 Å². The van der Waals surface area contributed by atoms with E-state index in [0.717, 1.165) is 12.5 Å². The zero-order valence-electron chi connectivity index (χ0n) is 9.64. The molecule has 0 aliphatic carbocycles. The topological polar surface area (TPSA) is 53.4 Å². The Hall–Kier alpha value is -1.49. The smallest absolute Gasteiger partial charge is 0.254 e. The van der Waals surface area contributed by atoms with Gasteiger partial charge < -0.3 is 10.0 Å². The van der Waals surface area contributed by atoms with Gasteiger partial charge in [0.1, 0.15) is 0 Å². The molecule has 0 saturated carbocycles. The lowest BCUT2D eigenvalue weighted by atomic mass is 10.0. The number of hydrogen-bond donors (Lipinski definition) is 1. The van der Waals surface area contributed by atoms with Crippen molar-refractivity contribution in [1.82, 2.24) is 9.88 Å². The van der Waals surface area contributed by atoms with E-state index < -0.39 is 5.95 Å². The summed E-state index contributed by atoms with van der Waals surface area (Å²) in [5.41, 5.74) is 0.282. The number of likely N-dealkylation sites (tertiary alicyclic amines) is 1. The van der Waals surface area contributed by atoms with Gasteiger partial charge in [0, 0.05) is 24.4 Å². The summed E-state index contributed by atoms with van der Waals surface area (Å²) in [5, 5.41) is 9.28. The number of nitrogens with zero attached hydrogens (tertiary/aromatic N) is 2. The molecule has 1 aliphatic rings. The van der Waals surface area contributed by atoms with Gasteiger partial charge in [-0.2, -0.15) is 4.39 Å². The molecule has 2 heterocycles. The highest BCUT2D eigenvalue weighted by Gasteiger charge is 2.34. The van der Waals surface area contributed by atoms with Crippen LogP contribution in [0.1, 0.15) is 23.7 Å². The van der Waals surface area contributed by atoms with Crippen LogP contribution >= 0.6 is 0 Å². The van der Waals surface area contributed by atoms with E-state index in [0.29, 0.717) is 6.54 Å². The number of hydrogen-bond acceptors (Lipinski definition) is 3. The fraction of sp³-hybridized carbons (Fsp3) is 0.500. The summed E-state index contributed by atoms with van der Waals surface area (Å²) in [6, 6.07) is 2.45. The molecule has 4 nitrogen and oxygen atoms in total. The van der Waals surface area contributed by atoms with Crippen LogP contribution in [0.15, 0.2) is 18.3 Å². The molecule has 5 heteroatoms. The molecule has 2 rings (SSSR count). The van der Waals surface area contributed by atoms with E-state index in [2.05, 4.69) is 4.98 Å². The van der Waals surface area contributed by atoms with E-state index in [1.807, 2.05) is 6.92 Å². The predicted molar refractivity (Wildman–Crippen MR) is 59.9 cm³/mol. The van der Waals surface area contributed by atoms with Gasteiger partial charge in [-0.25, -0.2) is 4.98 Å². The normalized spacial score (nSPS) is 24.1. The molecule has 0 spiro atoms. The van der Waals surface area contributed by atoms with Crippen LogP contribution in [0.25, 0.3) is 0 Å². The van der Waals surface area contributed by atoms with Crippen LogP contribution in [0, 0.1) is 11.9 Å². The van der Waals surface area contributed by atoms with Gasteiger partial charge >= 0.3 is 0 Å². The van der Waals surface area contributed by atoms with Crippen LogP contribution in [-0.2, 0) is 0 Å². The summed E-state index contributed by atoms with van der Waals surface area (Å²) in [7, 11) is 0. The van der Waals surface area contributed by atoms with Crippen LogP contribution in [0.5, 0.6) is 0 Å². The summed E-state index contributed by atoms with van der Waals surface area (Å²) in [4.78, 5) is 17.2. The zero-order valence-corrected chi connectivity index (χ0v) is 9.64. The Morgan fingerprint density at radius 2 is 2.47 bits per heavy atom. The Bertz CT molecular complexity index is 425. The number of pyridine rings is 1. The van der Waals surface area contributed by atoms with Crippen molar-refractivity contribution in [2.45, 2.75) is 19.4 Å². The number of rotatable bonds is 2. The van der Waals surface area contributed by atoms with Gasteiger partial charge in [0.05, 0.1) is 12.6 Å². The Balaban J connectivity index is 2.20. The molecule has 1 amide bonds. The van der Waals surface area contributed by atoms with E-state index in [9.17, 15) is 14.3 Å². The highest BCUT2D eigenvalue weighted by molar-refractivity contribution is 5.94. The molecule has 2 unspecified atom stereocenters. The van der Waals surface area contributed by atoms with Crippen molar-refractivity contribution in [2.75, 3.05) is 13.2 Å². The van der Waals surface area contributed by atoms with Gasteiger partial charge in [0.25, 0.3) is 5.91 Å². The van der Waals surface area contributed by atoms with Gasteiger partial charge in [-0.15, -0.1) is 0 Å². The second-order valence-corrected chi connectivity index (χ2v) is 4.38. The first-order chi connectivity index (χ1) is 8.13. The minimum Gasteiger partial charge on any atom is -0.394 e. The quantitative estimate of drug-likeness (QED) is 0.784. The molecule has 1 saturated heterocycles. The third-order valence-corrected chi connectivity index (χ3v) is 3.30. The first kappa shape index (κ1) is 12.0. The molecule has 0 radical (unpaired) electrons. The molecule has 1 aromatic rings. The van der Waals surface area contributed by atoms with Gasteiger partial charge in [-0.05, 0) is 18.4 Å². The van der Waals surface area contributed by atoms with Gasteiger partial charge in [-0.1, -0.05) is 6.92 Å². The molecule has 0 bridgehead atoms. The average Bonchev–Trinajstić information content (AvgIpc) is 2.69. The largest absolute Gasteiger partial charge is 0.394 e. The van der Waals surface area contributed by atoms with Crippen LogP contribution in [0.4, 0.5) is 4.39 Å². The Labute approximate surface area is 99.1 Å². The van der Waals surface area contributed by atoms with E-state index in [4.69, 9.17) is 0 Å². The number of halogens is 1. The maximum absolute atomic E-state index is 12.9.